The lowest BCUT2D eigenvalue weighted by Crippen LogP contribution is -2.27. The number of esters is 2. The zero-order chi connectivity index (χ0) is 14.5. The highest BCUT2D eigenvalue weighted by molar-refractivity contribution is 6.17. The van der Waals surface area contributed by atoms with E-state index in [4.69, 9.17) is 4.74 Å². The van der Waals surface area contributed by atoms with Crippen LogP contribution in [0.25, 0.3) is 6.08 Å². The van der Waals surface area contributed by atoms with Gasteiger partial charge in [-0.25, -0.2) is 9.59 Å². The molecule has 0 N–H and O–H groups in total. The van der Waals surface area contributed by atoms with Gasteiger partial charge < -0.3 is 9.47 Å². The van der Waals surface area contributed by atoms with Crippen LogP contribution in [0.5, 0.6) is 0 Å². The lowest BCUT2D eigenvalue weighted by atomic mass is 10.1. The minimum atomic E-state index is -0.710. The number of carbonyl (C=O) groups is 2. The zero-order valence-corrected chi connectivity index (χ0v) is 11.6. The fraction of sp³-hybridized carbons (Fsp3) is 0.333. The number of hydrogen-bond acceptors (Lipinski definition) is 4. The van der Waals surface area contributed by atoms with E-state index < -0.39 is 17.5 Å². The van der Waals surface area contributed by atoms with Crippen molar-refractivity contribution in [3.05, 3.63) is 41.5 Å². The highest BCUT2D eigenvalue weighted by atomic mass is 16.6. The van der Waals surface area contributed by atoms with Gasteiger partial charge in [-0.3, -0.25) is 0 Å². The van der Waals surface area contributed by atoms with E-state index in [1.54, 1.807) is 32.9 Å². The highest BCUT2D eigenvalue weighted by Crippen LogP contribution is 2.15. The molecular formula is C15H18O4. The van der Waals surface area contributed by atoms with Crippen LogP contribution < -0.4 is 0 Å². The summed E-state index contributed by atoms with van der Waals surface area (Å²) in [6, 6.07) is 9.05. The van der Waals surface area contributed by atoms with Crippen molar-refractivity contribution in [1.29, 1.82) is 0 Å². The molecule has 4 nitrogen and oxygen atoms in total. The molecule has 0 radical (unpaired) electrons. The van der Waals surface area contributed by atoms with E-state index in [9.17, 15) is 9.59 Å². The van der Waals surface area contributed by atoms with E-state index in [0.29, 0.717) is 0 Å². The van der Waals surface area contributed by atoms with Crippen molar-refractivity contribution in [2.24, 2.45) is 0 Å². The van der Waals surface area contributed by atoms with Crippen molar-refractivity contribution in [1.82, 2.24) is 0 Å². The molecule has 1 rings (SSSR count). The minimum absolute atomic E-state index is 0.122. The molecule has 0 saturated carbocycles. The van der Waals surface area contributed by atoms with Crippen molar-refractivity contribution in [3.63, 3.8) is 0 Å². The SMILES string of the molecule is COC(=O)/C(=C\c1ccccc1)C(=O)OC(C)(C)C. The van der Waals surface area contributed by atoms with Crippen LogP contribution in [0, 0.1) is 0 Å². The van der Waals surface area contributed by atoms with Crippen molar-refractivity contribution >= 4 is 18.0 Å². The van der Waals surface area contributed by atoms with Gasteiger partial charge in [0, 0.05) is 0 Å². The molecule has 0 atom stereocenters. The first-order valence-electron chi connectivity index (χ1n) is 5.92. The molecule has 0 aliphatic rings. The molecule has 0 bridgehead atoms. The Balaban J connectivity index is 3.06. The van der Waals surface area contributed by atoms with Gasteiger partial charge >= 0.3 is 11.9 Å². The van der Waals surface area contributed by atoms with Crippen LogP contribution in [0.2, 0.25) is 0 Å². The van der Waals surface area contributed by atoms with Gasteiger partial charge in [0.15, 0.2) is 0 Å². The molecule has 0 amide bonds. The second-order valence-electron chi connectivity index (χ2n) is 4.96. The summed E-state index contributed by atoms with van der Waals surface area (Å²) < 4.78 is 9.80. The fourth-order valence-electron chi connectivity index (χ4n) is 1.36. The molecule has 1 aromatic carbocycles. The number of hydrogen-bond donors (Lipinski definition) is 0. The summed E-state index contributed by atoms with van der Waals surface area (Å²) in [5, 5.41) is 0. The van der Waals surface area contributed by atoms with Crippen LogP contribution in [-0.4, -0.2) is 24.6 Å². The van der Waals surface area contributed by atoms with Gasteiger partial charge in [-0.05, 0) is 32.4 Å². The second-order valence-corrected chi connectivity index (χ2v) is 4.96. The molecule has 0 fully saturated rings. The summed E-state index contributed by atoms with van der Waals surface area (Å²) >= 11 is 0. The first-order valence-corrected chi connectivity index (χ1v) is 5.92. The molecule has 102 valence electrons. The van der Waals surface area contributed by atoms with Crippen molar-refractivity contribution in [2.75, 3.05) is 7.11 Å². The summed E-state index contributed by atoms with van der Waals surface area (Å²) in [4.78, 5) is 23.6. The van der Waals surface area contributed by atoms with E-state index in [1.807, 2.05) is 18.2 Å². The van der Waals surface area contributed by atoms with Gasteiger partial charge in [0.25, 0.3) is 0 Å². The van der Waals surface area contributed by atoms with E-state index in [0.717, 1.165) is 5.56 Å². The summed E-state index contributed by atoms with van der Waals surface area (Å²) in [6.07, 6.45) is 1.46. The summed E-state index contributed by atoms with van der Waals surface area (Å²) in [7, 11) is 1.23. The molecule has 0 spiro atoms. The molecule has 0 saturated heterocycles. The van der Waals surface area contributed by atoms with E-state index in [1.165, 1.54) is 13.2 Å². The quantitative estimate of drug-likeness (QED) is 0.363. The van der Waals surface area contributed by atoms with Crippen molar-refractivity contribution < 1.29 is 19.1 Å². The molecule has 0 unspecified atom stereocenters. The zero-order valence-electron chi connectivity index (χ0n) is 11.6. The Morgan fingerprint density at radius 1 is 1.05 bits per heavy atom. The Morgan fingerprint density at radius 3 is 2.11 bits per heavy atom. The smallest absolute Gasteiger partial charge is 0.346 e. The molecule has 0 heterocycles. The molecule has 4 heteroatoms. The molecule has 19 heavy (non-hydrogen) atoms. The Labute approximate surface area is 113 Å². The number of rotatable bonds is 3. The number of methoxy groups -OCH3 is 1. The van der Waals surface area contributed by atoms with Crippen molar-refractivity contribution in [3.8, 4) is 0 Å². The van der Waals surface area contributed by atoms with Crippen LogP contribution >= 0.6 is 0 Å². The molecule has 0 aliphatic carbocycles. The number of ether oxygens (including phenoxy) is 2. The Hall–Kier alpha value is -2.10. The van der Waals surface area contributed by atoms with Gasteiger partial charge in [-0.15, -0.1) is 0 Å². The van der Waals surface area contributed by atoms with Crippen LogP contribution in [0.15, 0.2) is 35.9 Å². The van der Waals surface area contributed by atoms with Gasteiger partial charge in [0.2, 0.25) is 0 Å². The van der Waals surface area contributed by atoms with E-state index in [-0.39, 0.29) is 5.57 Å². The maximum Gasteiger partial charge on any atom is 0.346 e. The van der Waals surface area contributed by atoms with Crippen LogP contribution in [0.3, 0.4) is 0 Å². The van der Waals surface area contributed by atoms with Gasteiger partial charge in [0.1, 0.15) is 11.2 Å². The predicted molar refractivity (Wildman–Crippen MR) is 72.3 cm³/mol. The normalized spacial score (nSPS) is 11.9. The maximum atomic E-state index is 12.0. The Morgan fingerprint density at radius 2 is 1.63 bits per heavy atom. The second kappa shape index (κ2) is 6.18. The lowest BCUT2D eigenvalue weighted by Gasteiger charge is -2.19. The third-order valence-electron chi connectivity index (χ3n) is 2.13. The van der Waals surface area contributed by atoms with Gasteiger partial charge in [0.05, 0.1) is 7.11 Å². The summed E-state index contributed by atoms with van der Waals surface area (Å²) in [5.74, 6) is -1.40. The largest absolute Gasteiger partial charge is 0.465 e. The first-order chi connectivity index (χ1) is 8.83. The topological polar surface area (TPSA) is 52.6 Å². The van der Waals surface area contributed by atoms with Crippen LogP contribution in [0.1, 0.15) is 26.3 Å². The van der Waals surface area contributed by atoms with Gasteiger partial charge in [-0.1, -0.05) is 30.3 Å². The molecular weight excluding hydrogens is 244 g/mol. The third kappa shape index (κ3) is 4.95. The Kier molecular flexibility index (Phi) is 4.87. The molecule has 1 aromatic rings. The van der Waals surface area contributed by atoms with Crippen molar-refractivity contribution in [2.45, 2.75) is 26.4 Å². The van der Waals surface area contributed by atoms with Crippen LogP contribution in [0.4, 0.5) is 0 Å². The number of benzene rings is 1. The fourth-order valence-corrected chi connectivity index (χ4v) is 1.36. The summed E-state index contributed by atoms with van der Waals surface area (Å²) in [6.45, 7) is 5.22. The molecule has 0 aliphatic heterocycles. The average molecular weight is 262 g/mol. The lowest BCUT2D eigenvalue weighted by molar-refractivity contribution is -0.153. The van der Waals surface area contributed by atoms with E-state index in [2.05, 4.69) is 4.74 Å². The van der Waals surface area contributed by atoms with Gasteiger partial charge in [-0.2, -0.15) is 0 Å². The average Bonchev–Trinajstić information content (AvgIpc) is 2.34. The number of carbonyl (C=O) groups excluding carboxylic acids is 2. The summed E-state index contributed by atoms with van der Waals surface area (Å²) in [5.41, 5.74) is -0.0571. The Bertz CT molecular complexity index is 481. The predicted octanol–water partition coefficient (Wildman–Crippen LogP) is 2.58. The third-order valence-corrected chi connectivity index (χ3v) is 2.13. The maximum absolute atomic E-state index is 12.0. The minimum Gasteiger partial charge on any atom is -0.465 e. The van der Waals surface area contributed by atoms with Crippen LogP contribution in [-0.2, 0) is 19.1 Å². The monoisotopic (exact) mass is 262 g/mol. The molecule has 0 aromatic heterocycles. The highest BCUT2D eigenvalue weighted by Gasteiger charge is 2.25. The first kappa shape index (κ1) is 15.0. The van der Waals surface area contributed by atoms with E-state index >= 15 is 0 Å². The standard InChI is InChI=1S/C15H18O4/c1-15(2,3)19-14(17)12(13(16)18-4)10-11-8-6-5-7-9-11/h5-10H,1-4H3/b12-10+.